The summed E-state index contributed by atoms with van der Waals surface area (Å²) >= 11 is 0. The number of nitrogens with one attached hydrogen (secondary N) is 1. The average molecular weight is 340 g/mol. The lowest BCUT2D eigenvalue weighted by molar-refractivity contribution is -0.123. The molecule has 0 aliphatic carbocycles. The molecule has 0 saturated heterocycles. The maximum atomic E-state index is 12.0. The van der Waals surface area contributed by atoms with Crippen LogP contribution in [0.5, 0.6) is 5.75 Å². The Balaban J connectivity index is 1.89. The topological polar surface area (TPSA) is 81.4 Å². The predicted molar refractivity (Wildman–Crippen MR) is 97.4 cm³/mol. The maximum absolute atomic E-state index is 12.0. The zero-order chi connectivity index (χ0) is 18.2. The molecule has 0 heterocycles. The zero-order valence-corrected chi connectivity index (χ0v) is 14.6. The van der Waals surface area contributed by atoms with Crippen LogP contribution in [0.2, 0.25) is 0 Å². The molecule has 25 heavy (non-hydrogen) atoms. The molecule has 2 aromatic carbocycles. The molecule has 0 saturated carbocycles. The van der Waals surface area contributed by atoms with Gasteiger partial charge >= 0.3 is 0 Å². The van der Waals surface area contributed by atoms with Crippen LogP contribution in [0.3, 0.4) is 0 Å². The molecule has 0 aromatic heterocycles. The summed E-state index contributed by atoms with van der Waals surface area (Å²) in [7, 11) is 0. The first-order valence-electron chi connectivity index (χ1n) is 8.38. The second-order valence-electron chi connectivity index (χ2n) is 5.98. The minimum Gasteiger partial charge on any atom is -0.483 e. The van der Waals surface area contributed by atoms with Crippen molar-refractivity contribution in [3.05, 3.63) is 65.2 Å². The molecule has 0 aliphatic heterocycles. The quantitative estimate of drug-likeness (QED) is 0.775. The van der Waals surface area contributed by atoms with Crippen LogP contribution in [-0.2, 0) is 11.3 Å². The Labute approximate surface area is 148 Å². The molecule has 1 unspecified atom stereocenters. The fraction of sp³-hybridized carbons (Fsp3) is 0.300. The lowest BCUT2D eigenvalue weighted by Gasteiger charge is -2.15. The molecule has 0 aliphatic rings. The number of hydrogen-bond donors (Lipinski definition) is 2. The van der Waals surface area contributed by atoms with Gasteiger partial charge in [-0.25, -0.2) is 0 Å². The lowest BCUT2D eigenvalue weighted by Crippen LogP contribution is -2.28. The fourth-order valence-corrected chi connectivity index (χ4v) is 2.47. The number of primary amides is 1. The Kier molecular flexibility index (Phi) is 6.57. The van der Waals surface area contributed by atoms with Crippen molar-refractivity contribution in [1.29, 1.82) is 0 Å². The molecule has 0 radical (unpaired) electrons. The molecule has 0 bridgehead atoms. The third-order valence-electron chi connectivity index (χ3n) is 4.12. The van der Waals surface area contributed by atoms with Gasteiger partial charge in [0.1, 0.15) is 5.75 Å². The Morgan fingerprint density at radius 1 is 1.16 bits per heavy atom. The van der Waals surface area contributed by atoms with Gasteiger partial charge in [0.25, 0.3) is 5.91 Å². The highest BCUT2D eigenvalue weighted by Crippen LogP contribution is 2.28. The van der Waals surface area contributed by atoms with Crippen molar-refractivity contribution < 1.29 is 14.3 Å². The number of amides is 2. The van der Waals surface area contributed by atoms with Crippen LogP contribution in [0, 0.1) is 0 Å². The van der Waals surface area contributed by atoms with Gasteiger partial charge < -0.3 is 15.8 Å². The molecule has 2 amide bonds. The maximum Gasteiger partial charge on any atom is 0.258 e. The van der Waals surface area contributed by atoms with Gasteiger partial charge in [0.2, 0.25) is 5.91 Å². The molecule has 0 spiro atoms. The summed E-state index contributed by atoms with van der Waals surface area (Å²) in [5, 5.41) is 2.78. The van der Waals surface area contributed by atoms with E-state index >= 15 is 0 Å². The summed E-state index contributed by atoms with van der Waals surface area (Å²) in [6.07, 6.45) is 1.00. The minimum atomic E-state index is -0.488. The zero-order valence-electron chi connectivity index (χ0n) is 14.6. The number of carbonyl (C=O) groups is 2. The van der Waals surface area contributed by atoms with E-state index in [2.05, 4.69) is 19.2 Å². The van der Waals surface area contributed by atoms with Gasteiger partial charge in [-0.05, 0) is 41.7 Å². The van der Waals surface area contributed by atoms with E-state index in [1.165, 1.54) is 0 Å². The van der Waals surface area contributed by atoms with E-state index in [0.717, 1.165) is 23.3 Å². The Morgan fingerprint density at radius 2 is 1.92 bits per heavy atom. The smallest absolute Gasteiger partial charge is 0.258 e. The number of nitrogens with two attached hydrogens (primary N) is 1. The number of benzene rings is 2. The van der Waals surface area contributed by atoms with Crippen molar-refractivity contribution in [1.82, 2.24) is 5.32 Å². The predicted octanol–water partition coefficient (Wildman–Crippen LogP) is 2.99. The monoisotopic (exact) mass is 340 g/mol. The lowest BCUT2D eigenvalue weighted by atomic mass is 9.98. The first kappa shape index (κ1) is 18.5. The summed E-state index contributed by atoms with van der Waals surface area (Å²) in [5.74, 6) is 0.403. The molecule has 0 fully saturated rings. The highest BCUT2D eigenvalue weighted by Gasteiger charge is 2.11. The number of carbonyl (C=O) groups excluding carboxylic acids is 2. The van der Waals surface area contributed by atoms with Crippen LogP contribution in [0.25, 0.3) is 0 Å². The van der Waals surface area contributed by atoms with Gasteiger partial charge in [-0.1, -0.05) is 44.2 Å². The van der Waals surface area contributed by atoms with Crippen LogP contribution in [0.15, 0.2) is 48.5 Å². The summed E-state index contributed by atoms with van der Waals surface area (Å²) in [4.78, 5) is 23.2. The van der Waals surface area contributed by atoms with Crippen LogP contribution in [-0.4, -0.2) is 18.4 Å². The fourth-order valence-electron chi connectivity index (χ4n) is 2.47. The van der Waals surface area contributed by atoms with Crippen molar-refractivity contribution in [3.63, 3.8) is 0 Å². The number of ether oxygens (including phenoxy) is 1. The Hall–Kier alpha value is -2.82. The highest BCUT2D eigenvalue weighted by molar-refractivity contribution is 5.92. The molecule has 132 valence electrons. The summed E-state index contributed by atoms with van der Waals surface area (Å²) in [6.45, 7) is 4.52. The van der Waals surface area contributed by atoms with Crippen LogP contribution < -0.4 is 15.8 Å². The summed E-state index contributed by atoms with van der Waals surface area (Å²) in [6, 6.07) is 14.6. The molecule has 5 heteroatoms. The first-order chi connectivity index (χ1) is 12.0. The van der Waals surface area contributed by atoms with Crippen molar-refractivity contribution in [2.24, 2.45) is 5.73 Å². The largest absolute Gasteiger partial charge is 0.483 e. The van der Waals surface area contributed by atoms with E-state index in [1.54, 1.807) is 18.2 Å². The minimum absolute atomic E-state index is 0.0526. The van der Waals surface area contributed by atoms with Gasteiger partial charge in [0.05, 0.1) is 0 Å². The van der Waals surface area contributed by atoms with Crippen LogP contribution >= 0.6 is 0 Å². The van der Waals surface area contributed by atoms with Gasteiger partial charge in [0.15, 0.2) is 6.61 Å². The van der Waals surface area contributed by atoms with E-state index in [1.807, 2.05) is 30.3 Å². The summed E-state index contributed by atoms with van der Waals surface area (Å²) in [5.41, 5.74) is 7.59. The molecule has 2 rings (SSSR count). The number of rotatable bonds is 8. The first-order valence-corrected chi connectivity index (χ1v) is 8.38. The van der Waals surface area contributed by atoms with E-state index in [-0.39, 0.29) is 12.5 Å². The Bertz CT molecular complexity index is 743. The molecule has 1 atom stereocenters. The molecule has 3 N–H and O–H groups in total. The highest BCUT2D eigenvalue weighted by atomic mass is 16.5. The average Bonchev–Trinajstić information content (AvgIpc) is 2.64. The van der Waals surface area contributed by atoms with E-state index < -0.39 is 5.91 Å². The number of hydrogen-bond acceptors (Lipinski definition) is 3. The third kappa shape index (κ3) is 5.35. The Morgan fingerprint density at radius 3 is 2.64 bits per heavy atom. The molecule has 2 aromatic rings. The second-order valence-corrected chi connectivity index (χ2v) is 5.98. The number of para-hydroxylation sites is 1. The van der Waals surface area contributed by atoms with Gasteiger partial charge in [-0.2, -0.15) is 0 Å². The van der Waals surface area contributed by atoms with Crippen LogP contribution in [0.4, 0.5) is 0 Å². The molecule has 5 nitrogen and oxygen atoms in total. The van der Waals surface area contributed by atoms with Crippen molar-refractivity contribution in [2.75, 3.05) is 6.61 Å². The van der Waals surface area contributed by atoms with Gasteiger partial charge in [-0.15, -0.1) is 0 Å². The molecular weight excluding hydrogens is 316 g/mol. The van der Waals surface area contributed by atoms with Crippen LogP contribution in [0.1, 0.15) is 47.7 Å². The second kappa shape index (κ2) is 8.87. The SMILES string of the molecule is CCC(C)c1ccccc1OCC(=O)NCc1cccc(C(N)=O)c1. The van der Waals surface area contributed by atoms with Crippen molar-refractivity contribution in [2.45, 2.75) is 32.7 Å². The van der Waals surface area contributed by atoms with E-state index in [9.17, 15) is 9.59 Å². The standard InChI is InChI=1S/C20H24N2O3/c1-3-14(2)17-9-4-5-10-18(17)25-13-19(23)22-12-15-7-6-8-16(11-15)20(21)24/h4-11,14H,3,12-13H2,1-2H3,(H2,21,24)(H,22,23). The van der Waals surface area contributed by atoms with Crippen molar-refractivity contribution >= 4 is 11.8 Å². The molecular formula is C20H24N2O3. The van der Waals surface area contributed by atoms with Crippen molar-refractivity contribution in [3.8, 4) is 5.75 Å². The van der Waals surface area contributed by atoms with Gasteiger partial charge in [0, 0.05) is 12.1 Å². The van der Waals surface area contributed by atoms with E-state index in [0.29, 0.717) is 18.0 Å². The van der Waals surface area contributed by atoms with Gasteiger partial charge in [-0.3, -0.25) is 9.59 Å². The van der Waals surface area contributed by atoms with E-state index in [4.69, 9.17) is 10.5 Å². The normalized spacial score (nSPS) is 11.6. The third-order valence-corrected chi connectivity index (χ3v) is 4.12. The summed E-state index contributed by atoms with van der Waals surface area (Å²) < 4.78 is 5.69.